The number of anilines is 1. The smallest absolute Gasteiger partial charge is 0.222 e. The van der Waals surface area contributed by atoms with Crippen LogP contribution in [0.15, 0.2) is 5.16 Å². The van der Waals surface area contributed by atoms with Gasteiger partial charge in [0, 0.05) is 12.8 Å². The van der Waals surface area contributed by atoms with Crippen LogP contribution in [-0.4, -0.2) is 20.5 Å². The van der Waals surface area contributed by atoms with Gasteiger partial charge in [0.15, 0.2) is 5.16 Å². The number of hydrogen-bond donors (Lipinski definition) is 1. The number of hydrogen-bond acceptors (Lipinski definition) is 4. The molecule has 0 saturated carbocycles. The highest BCUT2D eigenvalue weighted by molar-refractivity contribution is 7.99. The van der Waals surface area contributed by atoms with Gasteiger partial charge in [0.05, 0.1) is 0 Å². The number of thioether (sulfide) groups is 1. The first-order chi connectivity index (χ1) is 5.61. The molecule has 0 bridgehead atoms. The van der Waals surface area contributed by atoms with Crippen LogP contribution in [0.3, 0.4) is 0 Å². The molecule has 5 heteroatoms. The normalized spacial score (nSPS) is 11.0. The Bertz CT molecular complexity index is 256. The molecule has 1 rings (SSSR count). The predicted molar refractivity (Wildman–Crippen MR) is 51.0 cm³/mol. The third-order valence-electron chi connectivity index (χ3n) is 1.41. The van der Waals surface area contributed by atoms with Gasteiger partial charge in [-0.1, -0.05) is 25.6 Å². The van der Waals surface area contributed by atoms with Crippen molar-refractivity contribution < 1.29 is 0 Å². The molecule has 0 atom stereocenters. The maximum absolute atomic E-state index is 5.52. The van der Waals surface area contributed by atoms with Crippen molar-refractivity contribution in [3.05, 3.63) is 0 Å². The third-order valence-corrected chi connectivity index (χ3v) is 2.86. The molecule has 0 aliphatic heterocycles. The van der Waals surface area contributed by atoms with Crippen molar-refractivity contribution in [3.63, 3.8) is 0 Å². The van der Waals surface area contributed by atoms with Gasteiger partial charge in [0.25, 0.3) is 0 Å². The van der Waals surface area contributed by atoms with Crippen LogP contribution in [0.25, 0.3) is 0 Å². The van der Waals surface area contributed by atoms with Crippen molar-refractivity contribution in [1.29, 1.82) is 0 Å². The molecular weight excluding hydrogens is 172 g/mol. The molecular formula is C7H14N4S. The van der Waals surface area contributed by atoms with E-state index in [1.807, 2.05) is 7.05 Å². The van der Waals surface area contributed by atoms with Crippen molar-refractivity contribution in [2.24, 2.45) is 13.0 Å². The van der Waals surface area contributed by atoms with E-state index in [0.29, 0.717) is 11.9 Å². The molecule has 0 aliphatic carbocycles. The van der Waals surface area contributed by atoms with Crippen molar-refractivity contribution in [1.82, 2.24) is 14.8 Å². The second-order valence-corrected chi connectivity index (χ2v) is 4.09. The zero-order chi connectivity index (χ0) is 9.14. The highest BCUT2D eigenvalue weighted by Crippen LogP contribution is 2.18. The molecule has 0 fully saturated rings. The van der Waals surface area contributed by atoms with Crippen LogP contribution in [0.2, 0.25) is 0 Å². The molecule has 12 heavy (non-hydrogen) atoms. The zero-order valence-corrected chi connectivity index (χ0v) is 8.43. The van der Waals surface area contributed by atoms with E-state index in [1.54, 1.807) is 16.3 Å². The minimum Gasteiger partial charge on any atom is -0.368 e. The van der Waals surface area contributed by atoms with E-state index in [0.717, 1.165) is 10.9 Å². The molecule has 0 spiro atoms. The zero-order valence-electron chi connectivity index (χ0n) is 7.61. The van der Waals surface area contributed by atoms with Crippen LogP contribution in [-0.2, 0) is 7.05 Å². The molecule has 0 amide bonds. The van der Waals surface area contributed by atoms with Crippen LogP contribution >= 0.6 is 11.8 Å². The second-order valence-electron chi connectivity index (χ2n) is 3.10. The quantitative estimate of drug-likeness (QED) is 0.719. The largest absolute Gasteiger partial charge is 0.368 e. The lowest BCUT2D eigenvalue weighted by atomic mass is 10.3. The maximum Gasteiger partial charge on any atom is 0.222 e. The first-order valence-corrected chi connectivity index (χ1v) is 4.87. The number of rotatable bonds is 3. The topological polar surface area (TPSA) is 56.7 Å². The van der Waals surface area contributed by atoms with E-state index in [1.165, 1.54) is 0 Å². The average molecular weight is 186 g/mol. The first kappa shape index (κ1) is 9.38. The van der Waals surface area contributed by atoms with Gasteiger partial charge in [0.2, 0.25) is 5.95 Å². The van der Waals surface area contributed by atoms with Crippen LogP contribution in [0, 0.1) is 5.92 Å². The summed E-state index contributed by atoms with van der Waals surface area (Å²) >= 11 is 1.69. The van der Waals surface area contributed by atoms with Crippen molar-refractivity contribution in [2.45, 2.75) is 19.0 Å². The van der Waals surface area contributed by atoms with E-state index in [4.69, 9.17) is 5.73 Å². The lowest BCUT2D eigenvalue weighted by Gasteiger charge is -2.02. The SMILES string of the molecule is CC(C)CSc1nnc(N)n1C. The van der Waals surface area contributed by atoms with Crippen molar-refractivity contribution in [3.8, 4) is 0 Å². The Hall–Kier alpha value is -0.710. The Balaban J connectivity index is 2.58. The first-order valence-electron chi connectivity index (χ1n) is 3.89. The maximum atomic E-state index is 5.52. The highest BCUT2D eigenvalue weighted by atomic mass is 32.2. The van der Waals surface area contributed by atoms with Gasteiger partial charge in [-0.15, -0.1) is 10.2 Å². The molecule has 1 heterocycles. The molecule has 0 saturated heterocycles. The summed E-state index contributed by atoms with van der Waals surface area (Å²) in [4.78, 5) is 0. The third kappa shape index (κ3) is 2.14. The number of aromatic nitrogens is 3. The molecule has 0 aromatic carbocycles. The van der Waals surface area contributed by atoms with Crippen LogP contribution in [0.1, 0.15) is 13.8 Å². The summed E-state index contributed by atoms with van der Waals surface area (Å²) in [7, 11) is 1.87. The second kappa shape index (κ2) is 3.80. The number of nitrogens with zero attached hydrogens (tertiary/aromatic N) is 3. The average Bonchev–Trinajstić information content (AvgIpc) is 2.30. The lowest BCUT2D eigenvalue weighted by Crippen LogP contribution is -1.99. The fourth-order valence-corrected chi connectivity index (χ4v) is 1.56. The van der Waals surface area contributed by atoms with Crippen molar-refractivity contribution in [2.75, 3.05) is 11.5 Å². The van der Waals surface area contributed by atoms with Gasteiger partial charge in [-0.25, -0.2) is 0 Å². The van der Waals surface area contributed by atoms with E-state index in [2.05, 4.69) is 24.0 Å². The Morgan fingerprint density at radius 3 is 2.58 bits per heavy atom. The van der Waals surface area contributed by atoms with Gasteiger partial charge < -0.3 is 5.73 Å². The Morgan fingerprint density at radius 2 is 2.17 bits per heavy atom. The molecule has 2 N–H and O–H groups in total. The summed E-state index contributed by atoms with van der Waals surface area (Å²) in [6.07, 6.45) is 0. The summed E-state index contributed by atoms with van der Waals surface area (Å²) in [5, 5.41) is 8.59. The summed E-state index contributed by atoms with van der Waals surface area (Å²) < 4.78 is 1.80. The molecule has 1 aromatic heterocycles. The summed E-state index contributed by atoms with van der Waals surface area (Å²) in [5.74, 6) is 2.18. The molecule has 68 valence electrons. The standard InChI is InChI=1S/C7H14N4S/c1-5(2)4-12-7-10-9-6(8)11(7)3/h5H,4H2,1-3H3,(H2,8,9). The van der Waals surface area contributed by atoms with Gasteiger partial charge >= 0.3 is 0 Å². The Morgan fingerprint density at radius 1 is 1.50 bits per heavy atom. The predicted octanol–water partition coefficient (Wildman–Crippen LogP) is 1.15. The fourth-order valence-electron chi connectivity index (χ4n) is 0.693. The van der Waals surface area contributed by atoms with Crippen LogP contribution in [0.4, 0.5) is 5.95 Å². The van der Waals surface area contributed by atoms with Gasteiger partial charge in [-0.2, -0.15) is 0 Å². The van der Waals surface area contributed by atoms with E-state index in [9.17, 15) is 0 Å². The summed E-state index contributed by atoms with van der Waals surface area (Å²) in [5.41, 5.74) is 5.52. The lowest BCUT2D eigenvalue weighted by molar-refractivity contribution is 0.739. The number of nitrogens with two attached hydrogens (primary N) is 1. The minimum atomic E-state index is 0.473. The monoisotopic (exact) mass is 186 g/mol. The highest BCUT2D eigenvalue weighted by Gasteiger charge is 2.06. The van der Waals surface area contributed by atoms with Gasteiger partial charge in [0.1, 0.15) is 0 Å². The molecule has 0 aliphatic rings. The van der Waals surface area contributed by atoms with Crippen LogP contribution < -0.4 is 5.73 Å². The summed E-state index contributed by atoms with van der Waals surface area (Å²) in [6.45, 7) is 4.35. The molecule has 4 nitrogen and oxygen atoms in total. The van der Waals surface area contributed by atoms with Crippen LogP contribution in [0.5, 0.6) is 0 Å². The van der Waals surface area contributed by atoms with E-state index >= 15 is 0 Å². The van der Waals surface area contributed by atoms with Gasteiger partial charge in [-0.05, 0) is 5.92 Å². The van der Waals surface area contributed by atoms with E-state index in [-0.39, 0.29) is 0 Å². The van der Waals surface area contributed by atoms with E-state index < -0.39 is 0 Å². The molecule has 1 aromatic rings. The Kier molecular flexibility index (Phi) is 2.97. The summed E-state index contributed by atoms with van der Waals surface area (Å²) in [6, 6.07) is 0. The molecule has 0 unspecified atom stereocenters. The van der Waals surface area contributed by atoms with Crippen molar-refractivity contribution >= 4 is 17.7 Å². The Labute approximate surface area is 76.5 Å². The number of nitrogen functional groups attached to an aromatic ring is 1. The minimum absolute atomic E-state index is 0.473. The fraction of sp³-hybridized carbons (Fsp3) is 0.714. The van der Waals surface area contributed by atoms with Gasteiger partial charge in [-0.3, -0.25) is 4.57 Å². The molecule has 0 radical (unpaired) electrons.